The molecule has 5 nitrogen and oxygen atoms in total. The molecule has 188 valence electrons. The fourth-order valence-corrected chi connectivity index (χ4v) is 4.07. The molecule has 0 radical (unpaired) electrons. The number of rotatable bonds is 10. The third-order valence-corrected chi connectivity index (χ3v) is 6.04. The molecule has 0 aromatic heterocycles. The first-order valence-electron chi connectivity index (χ1n) is 12.2. The van der Waals surface area contributed by atoms with Gasteiger partial charge in [-0.05, 0) is 96.9 Å². The highest BCUT2D eigenvalue weighted by Crippen LogP contribution is 2.24. The molecule has 0 heterocycles. The molecule has 4 aromatic carbocycles. The quantitative estimate of drug-likeness (QED) is 0.175. The Hall–Kier alpha value is -3.94. The maximum absolute atomic E-state index is 5.97. The van der Waals surface area contributed by atoms with Crippen molar-refractivity contribution in [1.82, 2.24) is 10.6 Å². The Kier molecular flexibility index (Phi) is 9.86. The van der Waals surface area contributed by atoms with E-state index >= 15 is 0 Å². The zero-order valence-corrected chi connectivity index (χ0v) is 22.1. The lowest BCUT2D eigenvalue weighted by atomic mass is 10.1. The molecule has 0 saturated heterocycles. The van der Waals surface area contributed by atoms with E-state index in [4.69, 9.17) is 29.2 Å². The molecule has 4 N–H and O–H groups in total. The van der Waals surface area contributed by atoms with Gasteiger partial charge >= 0.3 is 0 Å². The minimum absolute atomic E-state index is 0.597. The van der Waals surface area contributed by atoms with Crippen LogP contribution < -0.4 is 26.0 Å². The van der Waals surface area contributed by atoms with E-state index in [9.17, 15) is 0 Å². The van der Waals surface area contributed by atoms with Crippen molar-refractivity contribution in [2.24, 2.45) is 0 Å². The van der Waals surface area contributed by atoms with Gasteiger partial charge in [0.2, 0.25) is 0 Å². The molecule has 0 spiro atoms. The van der Waals surface area contributed by atoms with E-state index in [1.54, 1.807) is 0 Å². The summed E-state index contributed by atoms with van der Waals surface area (Å²) < 4.78 is 5.97. The summed E-state index contributed by atoms with van der Waals surface area (Å²) in [6, 6.07) is 36.1. The first kappa shape index (κ1) is 26.1. The van der Waals surface area contributed by atoms with E-state index in [1.165, 1.54) is 11.1 Å². The zero-order chi connectivity index (χ0) is 25.7. The highest BCUT2D eigenvalue weighted by molar-refractivity contribution is 7.80. The van der Waals surface area contributed by atoms with E-state index in [2.05, 4.69) is 45.5 Å². The molecule has 0 unspecified atom stereocenters. The molecule has 0 aliphatic carbocycles. The van der Waals surface area contributed by atoms with Crippen LogP contribution in [0.15, 0.2) is 109 Å². The van der Waals surface area contributed by atoms with E-state index in [0.717, 1.165) is 48.8 Å². The average molecular weight is 527 g/mol. The predicted molar refractivity (Wildman–Crippen MR) is 162 cm³/mol. The number of hydrogen-bond acceptors (Lipinski definition) is 3. The SMILES string of the molecule is S=C(NCCc1ccccc1)Nc1ccc(Oc2ccc(NC(=S)NCCc3ccccc3)cc2)cc1. The largest absolute Gasteiger partial charge is 0.457 e. The predicted octanol–water partition coefficient (Wildman–Crippen LogP) is 6.54. The molecular weight excluding hydrogens is 496 g/mol. The topological polar surface area (TPSA) is 57.4 Å². The summed E-state index contributed by atoms with van der Waals surface area (Å²) in [5.41, 5.74) is 4.36. The maximum Gasteiger partial charge on any atom is 0.170 e. The van der Waals surface area contributed by atoms with Crippen LogP contribution in [0.5, 0.6) is 11.5 Å². The van der Waals surface area contributed by atoms with Crippen LogP contribution in [-0.2, 0) is 12.8 Å². The molecule has 37 heavy (non-hydrogen) atoms. The first-order chi connectivity index (χ1) is 18.1. The molecule has 4 rings (SSSR count). The Morgan fingerprint density at radius 2 is 0.892 bits per heavy atom. The van der Waals surface area contributed by atoms with Crippen molar-refractivity contribution in [3.63, 3.8) is 0 Å². The lowest BCUT2D eigenvalue weighted by Crippen LogP contribution is -2.30. The molecule has 7 heteroatoms. The molecule has 4 aromatic rings. The Morgan fingerprint density at radius 3 is 1.27 bits per heavy atom. The van der Waals surface area contributed by atoms with Crippen molar-refractivity contribution in [1.29, 1.82) is 0 Å². The molecule has 0 fully saturated rings. The average Bonchev–Trinajstić information content (AvgIpc) is 2.92. The Labute approximate surface area is 229 Å². The summed E-state index contributed by atoms with van der Waals surface area (Å²) in [6.07, 6.45) is 1.83. The van der Waals surface area contributed by atoms with Gasteiger partial charge in [-0.2, -0.15) is 0 Å². The van der Waals surface area contributed by atoms with Gasteiger partial charge < -0.3 is 26.0 Å². The van der Waals surface area contributed by atoms with Crippen LogP contribution in [0.1, 0.15) is 11.1 Å². The van der Waals surface area contributed by atoms with E-state index in [-0.39, 0.29) is 0 Å². The lowest BCUT2D eigenvalue weighted by molar-refractivity contribution is 0.483. The number of nitrogens with one attached hydrogen (secondary N) is 4. The Morgan fingerprint density at radius 1 is 0.514 bits per heavy atom. The van der Waals surface area contributed by atoms with Gasteiger partial charge in [0.15, 0.2) is 10.2 Å². The second-order valence-corrected chi connectivity index (χ2v) is 9.20. The van der Waals surface area contributed by atoms with Gasteiger partial charge in [-0.1, -0.05) is 60.7 Å². The standard InChI is InChI=1S/C30H30N4OS2/c36-29(31-21-19-23-7-3-1-4-8-23)33-25-11-15-27(16-12-25)35-28-17-13-26(14-18-28)34-30(37)32-22-20-24-9-5-2-6-10-24/h1-18H,19-22H2,(H2,31,33,36)(H2,32,34,37). The van der Waals surface area contributed by atoms with Crippen LogP contribution in [-0.4, -0.2) is 23.3 Å². The molecule has 0 aliphatic heterocycles. The number of hydrogen-bond donors (Lipinski definition) is 4. The van der Waals surface area contributed by atoms with Gasteiger partial charge in [-0.15, -0.1) is 0 Å². The van der Waals surface area contributed by atoms with E-state index < -0.39 is 0 Å². The van der Waals surface area contributed by atoms with Crippen LogP contribution in [0.3, 0.4) is 0 Å². The molecular formula is C30H30N4OS2. The summed E-state index contributed by atoms with van der Waals surface area (Å²) in [7, 11) is 0. The van der Waals surface area contributed by atoms with E-state index in [0.29, 0.717) is 10.2 Å². The third-order valence-electron chi connectivity index (χ3n) is 5.54. The minimum Gasteiger partial charge on any atom is -0.457 e. The number of benzene rings is 4. The number of anilines is 2. The van der Waals surface area contributed by atoms with Crippen molar-refractivity contribution in [3.8, 4) is 11.5 Å². The summed E-state index contributed by atoms with van der Waals surface area (Å²) >= 11 is 10.8. The summed E-state index contributed by atoms with van der Waals surface area (Å²) in [5, 5.41) is 14.1. The van der Waals surface area contributed by atoms with Gasteiger partial charge in [0.25, 0.3) is 0 Å². The van der Waals surface area contributed by atoms with E-state index in [1.807, 2.05) is 84.9 Å². The van der Waals surface area contributed by atoms with Crippen LogP contribution in [0.4, 0.5) is 11.4 Å². The fourth-order valence-electron chi connectivity index (χ4n) is 3.63. The molecule has 0 atom stereocenters. The lowest BCUT2D eigenvalue weighted by Gasteiger charge is -2.12. The normalized spacial score (nSPS) is 10.3. The van der Waals surface area contributed by atoms with Gasteiger partial charge in [-0.3, -0.25) is 0 Å². The highest BCUT2D eigenvalue weighted by atomic mass is 32.1. The Balaban J connectivity index is 1.17. The maximum atomic E-state index is 5.97. The minimum atomic E-state index is 0.597. The monoisotopic (exact) mass is 526 g/mol. The first-order valence-corrected chi connectivity index (χ1v) is 13.0. The Bertz CT molecular complexity index is 1160. The van der Waals surface area contributed by atoms with Crippen molar-refractivity contribution >= 4 is 46.0 Å². The zero-order valence-electron chi connectivity index (χ0n) is 20.4. The smallest absolute Gasteiger partial charge is 0.170 e. The van der Waals surface area contributed by atoms with Gasteiger partial charge in [0.05, 0.1) is 0 Å². The molecule has 0 bridgehead atoms. The van der Waals surface area contributed by atoms with Crippen molar-refractivity contribution in [3.05, 3.63) is 120 Å². The van der Waals surface area contributed by atoms with Crippen molar-refractivity contribution in [2.75, 3.05) is 23.7 Å². The third kappa shape index (κ3) is 9.22. The van der Waals surface area contributed by atoms with Crippen LogP contribution in [0, 0.1) is 0 Å². The van der Waals surface area contributed by atoms with Crippen LogP contribution >= 0.6 is 24.4 Å². The number of thiocarbonyl (C=S) groups is 2. The molecule has 0 aliphatic rings. The van der Waals surface area contributed by atoms with Crippen molar-refractivity contribution < 1.29 is 4.74 Å². The van der Waals surface area contributed by atoms with Crippen molar-refractivity contribution in [2.45, 2.75) is 12.8 Å². The van der Waals surface area contributed by atoms with Gasteiger partial charge in [0.1, 0.15) is 11.5 Å². The fraction of sp³-hybridized carbons (Fsp3) is 0.133. The second-order valence-electron chi connectivity index (χ2n) is 8.38. The van der Waals surface area contributed by atoms with Crippen LogP contribution in [0.2, 0.25) is 0 Å². The highest BCUT2D eigenvalue weighted by Gasteiger charge is 2.03. The van der Waals surface area contributed by atoms with Gasteiger partial charge in [-0.25, -0.2) is 0 Å². The summed E-state index contributed by atoms with van der Waals surface area (Å²) in [6.45, 7) is 1.55. The number of ether oxygens (including phenoxy) is 1. The van der Waals surface area contributed by atoms with Crippen LogP contribution in [0.25, 0.3) is 0 Å². The summed E-state index contributed by atoms with van der Waals surface area (Å²) in [4.78, 5) is 0. The molecule has 0 saturated carbocycles. The molecule has 0 amide bonds. The van der Waals surface area contributed by atoms with Gasteiger partial charge in [0, 0.05) is 24.5 Å². The second kappa shape index (κ2) is 14.0. The summed E-state index contributed by atoms with van der Waals surface area (Å²) in [5.74, 6) is 1.49.